The van der Waals surface area contributed by atoms with E-state index < -0.39 is 0 Å². The van der Waals surface area contributed by atoms with Crippen LogP contribution in [-0.2, 0) is 6.42 Å². The van der Waals surface area contributed by atoms with Gasteiger partial charge in [-0.2, -0.15) is 0 Å². The smallest absolute Gasteiger partial charge is 0.104 e. The second kappa shape index (κ2) is 3.06. The highest BCUT2D eigenvalue weighted by Crippen LogP contribution is 2.02. The van der Waals surface area contributed by atoms with Gasteiger partial charge in [0.05, 0.1) is 12.1 Å². The zero-order valence-corrected chi connectivity index (χ0v) is 5.63. The lowest BCUT2D eigenvalue weighted by atomic mass is 10.2. The summed E-state index contributed by atoms with van der Waals surface area (Å²) >= 11 is 0. The first kappa shape index (κ1) is 6.86. The summed E-state index contributed by atoms with van der Waals surface area (Å²) in [5, 5.41) is 6.93. The molecule has 3 nitrogen and oxygen atoms in total. The van der Waals surface area contributed by atoms with Crippen molar-refractivity contribution in [3.8, 4) is 0 Å². The molecule has 0 bridgehead atoms. The molecular formula is C7H10N2O. The van der Waals surface area contributed by atoms with Gasteiger partial charge in [0.25, 0.3) is 0 Å². The average molecular weight is 138 g/mol. The van der Waals surface area contributed by atoms with Gasteiger partial charge in [0, 0.05) is 12.8 Å². The maximum absolute atomic E-state index is 6.93. The fourth-order valence-electron chi connectivity index (χ4n) is 0.713. The van der Waals surface area contributed by atoms with E-state index >= 15 is 0 Å². The lowest BCUT2D eigenvalue weighted by Crippen LogP contribution is -2.09. The zero-order valence-electron chi connectivity index (χ0n) is 5.63. The SMILES string of the molecule is N=C(N)CCc1ccco1. The molecule has 1 rings (SSSR count). The Morgan fingerprint density at radius 1 is 1.70 bits per heavy atom. The Balaban J connectivity index is 2.35. The maximum Gasteiger partial charge on any atom is 0.104 e. The highest BCUT2D eigenvalue weighted by Gasteiger charge is 1.95. The monoisotopic (exact) mass is 138 g/mol. The minimum atomic E-state index is 0.205. The van der Waals surface area contributed by atoms with Crippen molar-refractivity contribution in [1.29, 1.82) is 5.41 Å². The third-order valence-corrected chi connectivity index (χ3v) is 1.22. The number of rotatable bonds is 3. The molecule has 0 spiro atoms. The molecule has 0 amide bonds. The summed E-state index contributed by atoms with van der Waals surface area (Å²) in [5.74, 6) is 1.09. The van der Waals surface area contributed by atoms with Crippen LogP contribution in [0.1, 0.15) is 12.2 Å². The molecule has 10 heavy (non-hydrogen) atoms. The predicted octanol–water partition coefficient (Wildman–Crippen LogP) is 1.15. The van der Waals surface area contributed by atoms with Crippen LogP contribution in [0.5, 0.6) is 0 Å². The first-order chi connectivity index (χ1) is 4.79. The van der Waals surface area contributed by atoms with E-state index in [9.17, 15) is 0 Å². The Kier molecular flexibility index (Phi) is 2.10. The van der Waals surface area contributed by atoms with E-state index in [2.05, 4.69) is 0 Å². The van der Waals surface area contributed by atoms with Gasteiger partial charge in [-0.15, -0.1) is 0 Å². The lowest BCUT2D eigenvalue weighted by Gasteiger charge is -1.92. The molecular weight excluding hydrogens is 128 g/mol. The van der Waals surface area contributed by atoms with E-state index in [1.54, 1.807) is 6.26 Å². The number of aryl methyl sites for hydroxylation is 1. The van der Waals surface area contributed by atoms with Crippen LogP contribution in [0.15, 0.2) is 22.8 Å². The van der Waals surface area contributed by atoms with E-state index in [-0.39, 0.29) is 5.84 Å². The molecule has 1 aromatic rings. The first-order valence-corrected chi connectivity index (χ1v) is 3.14. The molecule has 3 heteroatoms. The molecule has 0 aliphatic heterocycles. The van der Waals surface area contributed by atoms with Gasteiger partial charge in [-0.1, -0.05) is 0 Å². The van der Waals surface area contributed by atoms with E-state index in [1.807, 2.05) is 12.1 Å². The summed E-state index contributed by atoms with van der Waals surface area (Å²) in [6.07, 6.45) is 2.92. The molecule has 0 aliphatic carbocycles. The minimum absolute atomic E-state index is 0.205. The third-order valence-electron chi connectivity index (χ3n) is 1.22. The van der Waals surface area contributed by atoms with E-state index in [0.29, 0.717) is 6.42 Å². The Morgan fingerprint density at radius 2 is 2.50 bits per heavy atom. The molecule has 0 fully saturated rings. The molecule has 54 valence electrons. The summed E-state index contributed by atoms with van der Waals surface area (Å²) in [7, 11) is 0. The van der Waals surface area contributed by atoms with Gasteiger partial charge in [-0.3, -0.25) is 5.41 Å². The standard InChI is InChI=1S/C7H10N2O/c8-7(9)4-3-6-2-1-5-10-6/h1-2,5H,3-4H2,(H3,8,9). The molecule has 0 saturated heterocycles. The molecule has 1 aromatic heterocycles. The predicted molar refractivity (Wildman–Crippen MR) is 38.9 cm³/mol. The maximum atomic E-state index is 6.93. The van der Waals surface area contributed by atoms with Crippen LogP contribution in [0.3, 0.4) is 0 Å². The summed E-state index contributed by atoms with van der Waals surface area (Å²) < 4.78 is 5.03. The van der Waals surface area contributed by atoms with Crippen molar-refractivity contribution in [3.05, 3.63) is 24.2 Å². The Hall–Kier alpha value is -1.25. The molecule has 3 N–H and O–H groups in total. The van der Waals surface area contributed by atoms with Gasteiger partial charge in [0.2, 0.25) is 0 Å². The molecule has 1 heterocycles. The van der Waals surface area contributed by atoms with Crippen molar-refractivity contribution in [1.82, 2.24) is 0 Å². The summed E-state index contributed by atoms with van der Waals surface area (Å²) in [6, 6.07) is 3.71. The molecule has 0 aliphatic rings. The van der Waals surface area contributed by atoms with Crippen LogP contribution in [0.4, 0.5) is 0 Å². The molecule has 0 radical (unpaired) electrons. The van der Waals surface area contributed by atoms with Crippen molar-refractivity contribution in [2.75, 3.05) is 0 Å². The van der Waals surface area contributed by atoms with Gasteiger partial charge in [-0.05, 0) is 12.1 Å². The average Bonchev–Trinajstić information content (AvgIpc) is 2.34. The van der Waals surface area contributed by atoms with Crippen molar-refractivity contribution in [2.24, 2.45) is 5.73 Å². The largest absolute Gasteiger partial charge is 0.469 e. The van der Waals surface area contributed by atoms with E-state index in [4.69, 9.17) is 15.6 Å². The first-order valence-electron chi connectivity index (χ1n) is 3.14. The van der Waals surface area contributed by atoms with Gasteiger partial charge in [-0.25, -0.2) is 0 Å². The second-order valence-corrected chi connectivity index (χ2v) is 2.10. The summed E-state index contributed by atoms with van der Waals surface area (Å²) in [6.45, 7) is 0. The quantitative estimate of drug-likeness (QED) is 0.486. The lowest BCUT2D eigenvalue weighted by molar-refractivity contribution is 0.511. The summed E-state index contributed by atoms with van der Waals surface area (Å²) in [5.41, 5.74) is 5.15. The Morgan fingerprint density at radius 3 is 3.00 bits per heavy atom. The van der Waals surface area contributed by atoms with Crippen molar-refractivity contribution >= 4 is 5.84 Å². The summed E-state index contributed by atoms with van der Waals surface area (Å²) in [4.78, 5) is 0. The molecule has 0 atom stereocenters. The third kappa shape index (κ3) is 1.93. The number of nitrogens with two attached hydrogens (primary N) is 1. The molecule has 0 saturated carbocycles. The van der Waals surface area contributed by atoms with Crippen molar-refractivity contribution in [2.45, 2.75) is 12.8 Å². The van der Waals surface area contributed by atoms with Crippen LogP contribution in [0.25, 0.3) is 0 Å². The zero-order chi connectivity index (χ0) is 7.40. The van der Waals surface area contributed by atoms with Crippen LogP contribution in [0.2, 0.25) is 0 Å². The van der Waals surface area contributed by atoms with Crippen LogP contribution < -0.4 is 5.73 Å². The molecule has 0 unspecified atom stereocenters. The van der Waals surface area contributed by atoms with Gasteiger partial charge in [0.1, 0.15) is 5.76 Å². The topological polar surface area (TPSA) is 63.0 Å². The number of nitrogens with one attached hydrogen (secondary N) is 1. The van der Waals surface area contributed by atoms with Crippen LogP contribution in [0, 0.1) is 5.41 Å². The highest BCUT2D eigenvalue weighted by atomic mass is 16.3. The molecule has 0 aromatic carbocycles. The number of hydrogen-bond acceptors (Lipinski definition) is 2. The van der Waals surface area contributed by atoms with Gasteiger partial charge < -0.3 is 10.2 Å². The van der Waals surface area contributed by atoms with E-state index in [1.165, 1.54) is 0 Å². The van der Waals surface area contributed by atoms with Crippen LogP contribution in [-0.4, -0.2) is 5.84 Å². The van der Waals surface area contributed by atoms with Gasteiger partial charge >= 0.3 is 0 Å². The van der Waals surface area contributed by atoms with Gasteiger partial charge in [0.15, 0.2) is 0 Å². The van der Waals surface area contributed by atoms with Crippen molar-refractivity contribution < 1.29 is 4.42 Å². The normalized spacial score (nSPS) is 9.60. The van der Waals surface area contributed by atoms with Crippen LogP contribution >= 0.6 is 0 Å². The fraction of sp³-hybridized carbons (Fsp3) is 0.286. The fourth-order valence-corrected chi connectivity index (χ4v) is 0.713. The van der Waals surface area contributed by atoms with E-state index in [0.717, 1.165) is 12.2 Å². The van der Waals surface area contributed by atoms with Crippen molar-refractivity contribution in [3.63, 3.8) is 0 Å². The highest BCUT2D eigenvalue weighted by molar-refractivity contribution is 5.76. The number of amidine groups is 1. The Bertz CT molecular complexity index is 203. The Labute approximate surface area is 59.3 Å². The number of hydrogen-bond donors (Lipinski definition) is 2. The second-order valence-electron chi connectivity index (χ2n) is 2.10. The minimum Gasteiger partial charge on any atom is -0.469 e. The number of furan rings is 1.